The quantitative estimate of drug-likeness (QED) is 0.587. The van der Waals surface area contributed by atoms with Crippen LogP contribution in [0.4, 0.5) is 14.9 Å². The van der Waals surface area contributed by atoms with E-state index in [2.05, 4.69) is 21.7 Å². The molecule has 29 heavy (non-hydrogen) atoms. The SMILES string of the molecule is Cc1cc(F)c(NC(=O)NCCC(C)(C)C#N)cc1-c1cc(Cl)nc(C2CC2)c1. The van der Waals surface area contributed by atoms with Gasteiger partial charge in [-0.1, -0.05) is 11.6 Å². The fourth-order valence-corrected chi connectivity index (χ4v) is 3.27. The molecule has 0 saturated heterocycles. The topological polar surface area (TPSA) is 77.8 Å². The van der Waals surface area contributed by atoms with Crippen LogP contribution in [0.3, 0.4) is 0 Å². The van der Waals surface area contributed by atoms with Crippen molar-refractivity contribution >= 4 is 23.3 Å². The number of hydrogen-bond acceptors (Lipinski definition) is 3. The molecule has 1 heterocycles. The minimum absolute atomic E-state index is 0.0866. The Morgan fingerprint density at radius 2 is 2.07 bits per heavy atom. The van der Waals surface area contributed by atoms with Crippen LogP contribution in [-0.2, 0) is 0 Å². The zero-order valence-electron chi connectivity index (χ0n) is 16.8. The van der Waals surface area contributed by atoms with Crippen molar-refractivity contribution in [1.82, 2.24) is 10.3 Å². The van der Waals surface area contributed by atoms with Crippen molar-refractivity contribution in [3.05, 3.63) is 46.5 Å². The lowest BCUT2D eigenvalue weighted by Gasteiger charge is -2.16. The van der Waals surface area contributed by atoms with Crippen molar-refractivity contribution in [2.75, 3.05) is 11.9 Å². The number of hydrogen-bond donors (Lipinski definition) is 2. The number of aromatic nitrogens is 1. The number of rotatable bonds is 6. The maximum Gasteiger partial charge on any atom is 0.319 e. The molecule has 0 spiro atoms. The van der Waals surface area contributed by atoms with Crippen LogP contribution in [0.5, 0.6) is 0 Å². The number of aryl methyl sites for hydroxylation is 1. The van der Waals surface area contributed by atoms with Crippen molar-refractivity contribution in [2.45, 2.75) is 46.0 Å². The molecule has 3 rings (SSSR count). The van der Waals surface area contributed by atoms with E-state index in [4.69, 9.17) is 16.9 Å². The highest BCUT2D eigenvalue weighted by atomic mass is 35.5. The van der Waals surface area contributed by atoms with Gasteiger partial charge in [0, 0.05) is 18.2 Å². The van der Waals surface area contributed by atoms with Crippen molar-refractivity contribution in [3.63, 3.8) is 0 Å². The fraction of sp³-hybridized carbons (Fsp3) is 0.409. The summed E-state index contributed by atoms with van der Waals surface area (Å²) in [5, 5.41) is 14.7. The molecular weight excluding hydrogens is 391 g/mol. The molecule has 152 valence electrons. The molecule has 2 N–H and O–H groups in total. The summed E-state index contributed by atoms with van der Waals surface area (Å²) in [4.78, 5) is 16.6. The van der Waals surface area contributed by atoms with Crippen LogP contribution < -0.4 is 10.6 Å². The van der Waals surface area contributed by atoms with E-state index >= 15 is 0 Å². The van der Waals surface area contributed by atoms with Crippen molar-refractivity contribution < 1.29 is 9.18 Å². The second-order valence-electron chi connectivity index (χ2n) is 8.15. The first-order valence-corrected chi connectivity index (χ1v) is 10.0. The summed E-state index contributed by atoms with van der Waals surface area (Å²) >= 11 is 6.20. The lowest BCUT2D eigenvalue weighted by Crippen LogP contribution is -2.32. The fourth-order valence-electron chi connectivity index (χ4n) is 3.05. The predicted molar refractivity (Wildman–Crippen MR) is 112 cm³/mol. The Labute approximate surface area is 175 Å². The number of amides is 2. The normalized spacial score (nSPS) is 13.7. The lowest BCUT2D eigenvalue weighted by atomic mass is 9.92. The molecule has 0 aliphatic heterocycles. The summed E-state index contributed by atoms with van der Waals surface area (Å²) < 4.78 is 14.4. The largest absolute Gasteiger partial charge is 0.338 e. The zero-order valence-corrected chi connectivity index (χ0v) is 17.5. The highest BCUT2D eigenvalue weighted by Gasteiger charge is 2.26. The van der Waals surface area contributed by atoms with Crippen LogP contribution in [0.2, 0.25) is 5.15 Å². The van der Waals surface area contributed by atoms with Gasteiger partial charge in [0.1, 0.15) is 11.0 Å². The van der Waals surface area contributed by atoms with Gasteiger partial charge < -0.3 is 10.6 Å². The highest BCUT2D eigenvalue weighted by Crippen LogP contribution is 2.41. The number of nitriles is 1. The monoisotopic (exact) mass is 414 g/mol. The van der Waals surface area contributed by atoms with Gasteiger partial charge in [0.25, 0.3) is 0 Å². The Morgan fingerprint density at radius 1 is 1.34 bits per heavy atom. The van der Waals surface area contributed by atoms with E-state index in [1.165, 1.54) is 6.07 Å². The molecule has 1 aromatic carbocycles. The van der Waals surface area contributed by atoms with Gasteiger partial charge in [-0.15, -0.1) is 0 Å². The summed E-state index contributed by atoms with van der Waals surface area (Å²) in [6.45, 7) is 5.73. The van der Waals surface area contributed by atoms with Gasteiger partial charge in [-0.05, 0) is 81.0 Å². The molecule has 1 aliphatic rings. The minimum atomic E-state index is -0.532. The Bertz CT molecular complexity index is 980. The molecule has 1 saturated carbocycles. The highest BCUT2D eigenvalue weighted by molar-refractivity contribution is 6.29. The number of carbonyl (C=O) groups is 1. The van der Waals surface area contributed by atoms with Crippen molar-refractivity contribution in [3.8, 4) is 17.2 Å². The Kier molecular flexibility index (Phi) is 6.09. The van der Waals surface area contributed by atoms with Gasteiger partial charge in [0.05, 0.1) is 17.2 Å². The van der Waals surface area contributed by atoms with Gasteiger partial charge in [-0.3, -0.25) is 0 Å². The molecule has 1 fully saturated rings. The van der Waals surface area contributed by atoms with E-state index in [9.17, 15) is 9.18 Å². The van der Waals surface area contributed by atoms with E-state index in [0.717, 1.165) is 35.2 Å². The lowest BCUT2D eigenvalue weighted by molar-refractivity contribution is 0.250. The van der Waals surface area contributed by atoms with Crippen LogP contribution in [0.1, 0.15) is 50.3 Å². The summed E-state index contributed by atoms with van der Waals surface area (Å²) in [7, 11) is 0. The van der Waals surface area contributed by atoms with Crippen LogP contribution >= 0.6 is 11.6 Å². The zero-order chi connectivity index (χ0) is 21.2. The van der Waals surface area contributed by atoms with Crippen LogP contribution in [-0.4, -0.2) is 17.6 Å². The van der Waals surface area contributed by atoms with Gasteiger partial charge >= 0.3 is 6.03 Å². The molecule has 0 atom stereocenters. The second kappa shape index (κ2) is 8.38. The molecule has 0 bridgehead atoms. The first kappa shape index (κ1) is 21.1. The Hall–Kier alpha value is -2.65. The number of nitrogens with zero attached hydrogens (tertiary/aromatic N) is 2. The molecular formula is C22H24ClFN4O. The van der Waals surface area contributed by atoms with Gasteiger partial charge in [-0.2, -0.15) is 5.26 Å². The maximum absolute atomic E-state index is 14.4. The van der Waals surface area contributed by atoms with E-state index in [1.807, 2.05) is 13.0 Å². The van der Waals surface area contributed by atoms with Gasteiger partial charge in [0.2, 0.25) is 0 Å². The van der Waals surface area contributed by atoms with Crippen molar-refractivity contribution in [1.29, 1.82) is 5.26 Å². The first-order chi connectivity index (χ1) is 13.7. The summed E-state index contributed by atoms with van der Waals surface area (Å²) in [6.07, 6.45) is 2.70. The Balaban J connectivity index is 1.78. The minimum Gasteiger partial charge on any atom is -0.338 e. The molecule has 0 unspecified atom stereocenters. The third kappa shape index (κ3) is 5.45. The van der Waals surface area contributed by atoms with Crippen LogP contribution in [0.15, 0.2) is 24.3 Å². The molecule has 2 amide bonds. The predicted octanol–water partition coefficient (Wildman–Crippen LogP) is 5.79. The van der Waals surface area contributed by atoms with Gasteiger partial charge in [-0.25, -0.2) is 14.2 Å². The molecule has 1 aliphatic carbocycles. The molecule has 5 nitrogen and oxygen atoms in total. The van der Waals surface area contributed by atoms with Crippen LogP contribution in [0.25, 0.3) is 11.1 Å². The number of pyridine rings is 1. The van der Waals surface area contributed by atoms with Crippen LogP contribution in [0, 0.1) is 29.5 Å². The molecule has 0 radical (unpaired) electrons. The summed E-state index contributed by atoms with van der Waals surface area (Å²) in [5.74, 6) is -0.0736. The smallest absolute Gasteiger partial charge is 0.319 e. The first-order valence-electron chi connectivity index (χ1n) is 9.62. The van der Waals surface area contributed by atoms with E-state index in [0.29, 0.717) is 24.0 Å². The third-order valence-corrected chi connectivity index (χ3v) is 5.21. The average Bonchev–Trinajstić information content (AvgIpc) is 3.48. The number of anilines is 1. The number of halogens is 2. The number of urea groups is 1. The number of nitrogens with one attached hydrogen (secondary N) is 2. The number of carbonyl (C=O) groups excluding carboxylic acids is 1. The average molecular weight is 415 g/mol. The standard InChI is InChI=1S/C22H24ClFN4O/c1-13-8-17(24)19(28-21(29)26-7-6-22(2,3)12-25)11-16(13)15-9-18(14-4-5-14)27-20(23)10-15/h8-11,14H,4-7H2,1-3H3,(H2,26,28,29). The Morgan fingerprint density at radius 3 is 2.72 bits per heavy atom. The molecule has 7 heteroatoms. The third-order valence-electron chi connectivity index (χ3n) is 5.02. The molecule has 2 aromatic rings. The summed E-state index contributed by atoms with van der Waals surface area (Å²) in [5.41, 5.74) is 2.89. The summed E-state index contributed by atoms with van der Waals surface area (Å²) in [6, 6.07) is 8.41. The van der Waals surface area contributed by atoms with E-state index in [1.54, 1.807) is 26.0 Å². The van der Waals surface area contributed by atoms with Gasteiger partial charge in [0.15, 0.2) is 0 Å². The van der Waals surface area contributed by atoms with E-state index < -0.39 is 17.3 Å². The van der Waals surface area contributed by atoms with Crippen molar-refractivity contribution in [2.24, 2.45) is 5.41 Å². The maximum atomic E-state index is 14.4. The second-order valence-corrected chi connectivity index (χ2v) is 8.54. The number of benzene rings is 1. The molecule has 1 aromatic heterocycles. The van der Waals surface area contributed by atoms with E-state index in [-0.39, 0.29) is 5.69 Å².